The van der Waals surface area contributed by atoms with Crippen molar-refractivity contribution in [2.24, 2.45) is 34.5 Å². The molecular weight excluding hydrogens is 674 g/mol. The maximum absolute atomic E-state index is 13.4. The van der Waals surface area contributed by atoms with Gasteiger partial charge in [0, 0.05) is 36.9 Å². The number of hydrogen-bond acceptors (Lipinski definition) is 5. The van der Waals surface area contributed by atoms with Crippen molar-refractivity contribution in [3.8, 4) is 0 Å². The highest BCUT2D eigenvalue weighted by Gasteiger charge is 2.56. The fourth-order valence-electron chi connectivity index (χ4n) is 9.18. The molecule has 51 heavy (non-hydrogen) atoms. The number of ether oxygens (including phenoxy) is 2. The standard InChI is InChI=1S/C20H25F3O2.C14H13F3O.C6H14O2/c1-2-3-12-10-24-19(25-11-12)15-8-20(9-15)6-14(7-20)13-4-16(21)18(23)17(22)5-13;15-11-1-9(2-12(16)13(11)17)10-5-14(6-10)3-8(4-14)7-18;1-2-3-6(4-7)5-8/h4-5,12,14-15,19H,2-3,6-11H2,1H3;1-2,7-8,10H,3-6H2;6-8H,2-5H2,1H3. The van der Waals surface area contributed by atoms with Gasteiger partial charge < -0.3 is 24.5 Å². The van der Waals surface area contributed by atoms with Crippen LogP contribution in [0.5, 0.6) is 0 Å². The summed E-state index contributed by atoms with van der Waals surface area (Å²) in [5.74, 6) is -5.75. The molecule has 2 spiro atoms. The normalized spacial score (nSPS) is 32.1. The first-order valence-electron chi connectivity index (χ1n) is 18.6. The summed E-state index contributed by atoms with van der Waals surface area (Å²) in [5, 5.41) is 17.0. The summed E-state index contributed by atoms with van der Waals surface area (Å²) >= 11 is 0. The number of aliphatic hydroxyl groups is 2. The molecule has 4 saturated carbocycles. The fraction of sp³-hybridized carbons (Fsp3) is 0.675. The molecule has 0 atom stereocenters. The van der Waals surface area contributed by atoms with Crippen LogP contribution in [-0.4, -0.2) is 49.2 Å². The van der Waals surface area contributed by atoms with Gasteiger partial charge in [0.1, 0.15) is 6.29 Å². The second-order valence-electron chi connectivity index (χ2n) is 16.0. The molecular formula is C40H52F6O5. The smallest absolute Gasteiger partial charge is 0.194 e. The first-order chi connectivity index (χ1) is 24.4. The number of carbonyl (C=O) groups is 1. The zero-order valence-corrected chi connectivity index (χ0v) is 29.6. The van der Waals surface area contributed by atoms with Crippen molar-refractivity contribution in [2.75, 3.05) is 26.4 Å². The fourth-order valence-corrected chi connectivity index (χ4v) is 9.18. The third-order valence-electron chi connectivity index (χ3n) is 11.9. The maximum Gasteiger partial charge on any atom is 0.194 e. The summed E-state index contributed by atoms with van der Waals surface area (Å²) in [7, 11) is 0. The Hall–Kier alpha value is -2.47. The van der Waals surface area contributed by atoms with Crippen LogP contribution in [0.4, 0.5) is 26.3 Å². The van der Waals surface area contributed by atoms with Gasteiger partial charge in [-0.15, -0.1) is 0 Å². The Labute approximate surface area is 297 Å². The molecule has 4 aliphatic carbocycles. The van der Waals surface area contributed by atoms with Crippen molar-refractivity contribution in [1.29, 1.82) is 0 Å². The Balaban J connectivity index is 0.000000169. The minimum absolute atomic E-state index is 0.0847. The topological polar surface area (TPSA) is 76.0 Å². The van der Waals surface area contributed by atoms with Gasteiger partial charge in [-0.05, 0) is 122 Å². The molecule has 1 saturated heterocycles. The van der Waals surface area contributed by atoms with E-state index in [1.165, 1.54) is 0 Å². The third-order valence-corrected chi connectivity index (χ3v) is 11.9. The summed E-state index contributed by atoms with van der Waals surface area (Å²) in [6, 6.07) is 4.47. The van der Waals surface area contributed by atoms with Gasteiger partial charge in [-0.3, -0.25) is 0 Å². The van der Waals surface area contributed by atoms with E-state index in [0.29, 0.717) is 23.0 Å². The Bertz CT molecular complexity index is 1400. The lowest BCUT2D eigenvalue weighted by atomic mass is 9.47. The molecule has 0 unspecified atom stereocenters. The summed E-state index contributed by atoms with van der Waals surface area (Å²) in [4.78, 5) is 10.6. The van der Waals surface area contributed by atoms with Crippen molar-refractivity contribution < 1.29 is 50.8 Å². The monoisotopic (exact) mass is 726 g/mol. The molecule has 0 aromatic heterocycles. The van der Waals surface area contributed by atoms with E-state index in [1.54, 1.807) is 0 Å². The largest absolute Gasteiger partial charge is 0.396 e. The van der Waals surface area contributed by atoms with Crippen LogP contribution in [0.15, 0.2) is 24.3 Å². The van der Waals surface area contributed by atoms with E-state index >= 15 is 0 Å². The van der Waals surface area contributed by atoms with Crippen LogP contribution in [0.1, 0.15) is 114 Å². The first-order valence-corrected chi connectivity index (χ1v) is 18.6. The van der Waals surface area contributed by atoms with Crippen LogP contribution >= 0.6 is 0 Å². The molecule has 5 aliphatic rings. The van der Waals surface area contributed by atoms with Crippen molar-refractivity contribution in [3.63, 3.8) is 0 Å². The number of hydrogen-bond donors (Lipinski definition) is 2. The molecule has 284 valence electrons. The average Bonchev–Trinajstić information content (AvgIpc) is 3.04. The number of carbonyl (C=O) groups excluding carboxylic acids is 1. The lowest BCUT2D eigenvalue weighted by Crippen LogP contribution is -2.52. The van der Waals surface area contributed by atoms with Crippen LogP contribution in [-0.2, 0) is 14.3 Å². The molecule has 0 amide bonds. The van der Waals surface area contributed by atoms with Crippen molar-refractivity contribution in [2.45, 2.75) is 109 Å². The summed E-state index contributed by atoms with van der Waals surface area (Å²) in [6.45, 7) is 6.03. The molecule has 2 aromatic rings. The molecule has 1 heterocycles. The Morgan fingerprint density at radius 1 is 0.706 bits per heavy atom. The van der Waals surface area contributed by atoms with E-state index < -0.39 is 34.9 Å². The van der Waals surface area contributed by atoms with E-state index in [9.17, 15) is 31.1 Å². The Kier molecular flexibility index (Phi) is 13.3. The number of aldehydes is 1. The van der Waals surface area contributed by atoms with Gasteiger partial charge in [-0.2, -0.15) is 0 Å². The summed E-state index contributed by atoms with van der Waals surface area (Å²) in [6.07, 6.45) is 12.6. The van der Waals surface area contributed by atoms with Crippen LogP contribution < -0.4 is 0 Å². The molecule has 7 rings (SSSR count). The van der Waals surface area contributed by atoms with E-state index in [-0.39, 0.29) is 54.0 Å². The SMILES string of the molecule is CCCC(CO)CO.CCCC1COC(C2CC3(CC(c4cc(F)c(F)c(F)c4)C3)C2)OC1.O=CC1CC2(C1)CC(c1cc(F)c(F)c(F)c1)C2. The minimum atomic E-state index is -1.41. The molecule has 1 aliphatic heterocycles. The van der Waals surface area contributed by atoms with Gasteiger partial charge >= 0.3 is 0 Å². The zero-order valence-electron chi connectivity index (χ0n) is 29.6. The quantitative estimate of drug-likeness (QED) is 0.145. The molecule has 5 fully saturated rings. The highest BCUT2D eigenvalue weighted by Crippen LogP contribution is 2.65. The van der Waals surface area contributed by atoms with Gasteiger partial charge in [0.25, 0.3) is 0 Å². The maximum atomic E-state index is 13.4. The zero-order chi connectivity index (χ0) is 36.9. The van der Waals surface area contributed by atoms with Gasteiger partial charge in [-0.25, -0.2) is 26.3 Å². The molecule has 2 N–H and O–H groups in total. The summed E-state index contributed by atoms with van der Waals surface area (Å²) in [5.41, 5.74) is 1.59. The van der Waals surface area contributed by atoms with E-state index in [2.05, 4.69) is 6.92 Å². The molecule has 0 bridgehead atoms. The van der Waals surface area contributed by atoms with Crippen molar-refractivity contribution in [3.05, 3.63) is 70.3 Å². The lowest BCUT2D eigenvalue weighted by molar-refractivity contribution is -0.258. The highest BCUT2D eigenvalue weighted by molar-refractivity contribution is 5.56. The molecule has 0 radical (unpaired) electrons. The number of halogens is 6. The second-order valence-corrected chi connectivity index (χ2v) is 16.0. The van der Waals surface area contributed by atoms with Crippen LogP contribution in [0.3, 0.4) is 0 Å². The lowest BCUT2D eigenvalue weighted by Gasteiger charge is -2.59. The average molecular weight is 727 g/mol. The number of benzene rings is 2. The Morgan fingerprint density at radius 3 is 1.49 bits per heavy atom. The van der Waals surface area contributed by atoms with Gasteiger partial charge in [0.05, 0.1) is 13.2 Å². The third kappa shape index (κ3) is 9.19. The Morgan fingerprint density at radius 2 is 1.14 bits per heavy atom. The number of aliphatic hydroxyl groups excluding tert-OH is 2. The minimum Gasteiger partial charge on any atom is -0.396 e. The van der Waals surface area contributed by atoms with E-state index in [1.807, 2.05) is 6.92 Å². The van der Waals surface area contributed by atoms with Crippen LogP contribution in [0, 0.1) is 69.4 Å². The predicted octanol–water partition coefficient (Wildman–Crippen LogP) is 9.13. The van der Waals surface area contributed by atoms with Crippen molar-refractivity contribution >= 4 is 6.29 Å². The molecule has 2 aromatic carbocycles. The van der Waals surface area contributed by atoms with Crippen LogP contribution in [0.25, 0.3) is 0 Å². The molecule has 5 nitrogen and oxygen atoms in total. The summed E-state index contributed by atoms with van der Waals surface area (Å²) < 4.78 is 90.7. The second kappa shape index (κ2) is 17.1. The van der Waals surface area contributed by atoms with Gasteiger partial charge in [0.15, 0.2) is 41.2 Å². The first kappa shape index (κ1) is 39.7. The molecule has 11 heteroatoms. The van der Waals surface area contributed by atoms with E-state index in [0.717, 1.165) is 121 Å². The van der Waals surface area contributed by atoms with E-state index in [4.69, 9.17) is 19.7 Å². The van der Waals surface area contributed by atoms with Gasteiger partial charge in [-0.1, -0.05) is 26.7 Å². The highest BCUT2D eigenvalue weighted by atomic mass is 19.2. The van der Waals surface area contributed by atoms with Crippen molar-refractivity contribution in [1.82, 2.24) is 0 Å². The van der Waals surface area contributed by atoms with Gasteiger partial charge in [0.2, 0.25) is 0 Å². The number of rotatable bonds is 10. The predicted molar refractivity (Wildman–Crippen MR) is 180 cm³/mol. The van der Waals surface area contributed by atoms with Crippen LogP contribution in [0.2, 0.25) is 0 Å².